The highest BCUT2D eigenvalue weighted by Crippen LogP contribution is 2.42. The molecule has 1 atom stereocenters. The van der Waals surface area contributed by atoms with Gasteiger partial charge in [-0.25, -0.2) is 9.37 Å². The fourth-order valence-corrected chi connectivity index (χ4v) is 3.15. The van der Waals surface area contributed by atoms with E-state index in [1.54, 1.807) is 23.5 Å². The van der Waals surface area contributed by atoms with Gasteiger partial charge in [0.05, 0.1) is 11.7 Å². The van der Waals surface area contributed by atoms with Crippen LogP contribution in [-0.2, 0) is 0 Å². The first-order valence-electron chi connectivity index (χ1n) is 6.14. The van der Waals surface area contributed by atoms with Gasteiger partial charge in [-0.05, 0) is 37.8 Å². The van der Waals surface area contributed by atoms with E-state index in [0.29, 0.717) is 11.5 Å². The van der Waals surface area contributed by atoms with Gasteiger partial charge in [-0.2, -0.15) is 0 Å². The molecule has 4 heteroatoms. The van der Waals surface area contributed by atoms with E-state index in [2.05, 4.69) is 4.98 Å². The fourth-order valence-electron chi connectivity index (χ4n) is 2.12. The second-order valence-electron chi connectivity index (χ2n) is 4.80. The van der Waals surface area contributed by atoms with E-state index in [9.17, 15) is 4.39 Å². The molecule has 2 N–H and O–H groups in total. The number of nitrogens with zero attached hydrogens (tertiary/aromatic N) is 1. The second-order valence-corrected chi connectivity index (χ2v) is 6.03. The molecule has 0 spiro atoms. The quantitative estimate of drug-likeness (QED) is 0.916. The summed E-state index contributed by atoms with van der Waals surface area (Å²) in [6.07, 6.45) is 2.38. The van der Waals surface area contributed by atoms with Crippen molar-refractivity contribution in [3.8, 4) is 11.3 Å². The van der Waals surface area contributed by atoms with Crippen LogP contribution in [0.1, 0.15) is 28.8 Å². The van der Waals surface area contributed by atoms with Crippen LogP contribution in [0.15, 0.2) is 24.3 Å². The predicted octanol–water partition coefficient (Wildman–Crippen LogP) is 3.67. The van der Waals surface area contributed by atoms with Gasteiger partial charge in [-0.1, -0.05) is 12.1 Å². The predicted molar refractivity (Wildman–Crippen MR) is 71.9 cm³/mol. The van der Waals surface area contributed by atoms with Crippen LogP contribution in [0.2, 0.25) is 0 Å². The van der Waals surface area contributed by atoms with Crippen LogP contribution >= 0.6 is 11.3 Å². The van der Waals surface area contributed by atoms with Gasteiger partial charge >= 0.3 is 0 Å². The maximum absolute atomic E-state index is 13.8. The van der Waals surface area contributed by atoms with Gasteiger partial charge < -0.3 is 5.73 Å². The number of aryl methyl sites for hydroxylation is 1. The smallest absolute Gasteiger partial charge is 0.132 e. The molecule has 1 aliphatic carbocycles. The Labute approximate surface area is 110 Å². The monoisotopic (exact) mass is 262 g/mol. The summed E-state index contributed by atoms with van der Waals surface area (Å²) in [7, 11) is 0. The Bertz CT molecular complexity index is 575. The Balaban J connectivity index is 2.00. The van der Waals surface area contributed by atoms with Gasteiger partial charge in [-0.3, -0.25) is 0 Å². The molecule has 18 heavy (non-hydrogen) atoms. The minimum absolute atomic E-state index is 0.0224. The Kier molecular flexibility index (Phi) is 2.92. The minimum atomic E-state index is -0.225. The molecule has 1 aromatic carbocycles. The van der Waals surface area contributed by atoms with E-state index in [1.807, 2.05) is 13.0 Å². The molecule has 3 rings (SSSR count). The van der Waals surface area contributed by atoms with Gasteiger partial charge in [0.15, 0.2) is 0 Å². The molecule has 1 fully saturated rings. The van der Waals surface area contributed by atoms with Crippen molar-refractivity contribution in [1.29, 1.82) is 0 Å². The maximum Gasteiger partial charge on any atom is 0.132 e. The zero-order valence-corrected chi connectivity index (χ0v) is 11.0. The highest BCUT2D eigenvalue weighted by molar-refractivity contribution is 7.12. The summed E-state index contributed by atoms with van der Waals surface area (Å²) >= 11 is 1.59. The lowest BCUT2D eigenvalue weighted by atomic mass is 10.1. The molecular weight excluding hydrogens is 247 g/mol. The maximum atomic E-state index is 13.8. The van der Waals surface area contributed by atoms with Gasteiger partial charge in [-0.15, -0.1) is 11.3 Å². The largest absolute Gasteiger partial charge is 0.322 e. The number of hydrogen-bond acceptors (Lipinski definition) is 3. The molecule has 2 aromatic rings. The Hall–Kier alpha value is -1.26. The molecule has 0 amide bonds. The van der Waals surface area contributed by atoms with Gasteiger partial charge in [0.2, 0.25) is 0 Å². The summed E-state index contributed by atoms with van der Waals surface area (Å²) in [6, 6.07) is 6.78. The molecule has 1 aliphatic rings. The van der Waals surface area contributed by atoms with Crippen molar-refractivity contribution in [3.05, 3.63) is 40.0 Å². The van der Waals surface area contributed by atoms with Crippen LogP contribution in [0.5, 0.6) is 0 Å². The minimum Gasteiger partial charge on any atom is -0.322 e. The molecule has 0 radical (unpaired) electrons. The normalized spacial score (nSPS) is 16.8. The lowest BCUT2D eigenvalue weighted by Gasteiger charge is -2.04. The number of hydrogen-bond donors (Lipinski definition) is 1. The molecular formula is C14H15FN2S. The number of benzene rings is 1. The van der Waals surface area contributed by atoms with E-state index in [-0.39, 0.29) is 11.9 Å². The topological polar surface area (TPSA) is 38.9 Å². The first-order valence-corrected chi connectivity index (χ1v) is 6.96. The number of rotatable bonds is 3. The van der Waals surface area contributed by atoms with Crippen LogP contribution in [0.3, 0.4) is 0 Å². The van der Waals surface area contributed by atoms with E-state index in [1.165, 1.54) is 18.9 Å². The standard InChI is InChI=1S/C14H15FN2S/c1-8-13(10-4-2-3-5-11(10)15)17-14(18-8)12(16)9-6-7-9/h2-5,9,12H,6-7,16H2,1H3. The lowest BCUT2D eigenvalue weighted by molar-refractivity contribution is 0.625. The van der Waals surface area contributed by atoms with Crippen molar-refractivity contribution in [3.63, 3.8) is 0 Å². The van der Waals surface area contributed by atoms with Gasteiger partial charge in [0.25, 0.3) is 0 Å². The summed E-state index contributed by atoms with van der Waals surface area (Å²) in [4.78, 5) is 5.59. The molecule has 0 aliphatic heterocycles. The average Bonchev–Trinajstić information content (AvgIpc) is 3.13. The molecule has 0 saturated heterocycles. The van der Waals surface area contributed by atoms with Crippen LogP contribution in [0.25, 0.3) is 11.3 Å². The van der Waals surface area contributed by atoms with E-state index < -0.39 is 0 Å². The molecule has 94 valence electrons. The van der Waals surface area contributed by atoms with E-state index in [4.69, 9.17) is 5.73 Å². The van der Waals surface area contributed by atoms with Crippen molar-refractivity contribution < 1.29 is 4.39 Å². The summed E-state index contributed by atoms with van der Waals surface area (Å²) in [6.45, 7) is 1.97. The lowest BCUT2D eigenvalue weighted by Crippen LogP contribution is -2.11. The highest BCUT2D eigenvalue weighted by Gasteiger charge is 2.32. The SMILES string of the molecule is Cc1sc(C(N)C2CC2)nc1-c1ccccc1F. The van der Waals surface area contributed by atoms with Crippen molar-refractivity contribution >= 4 is 11.3 Å². The summed E-state index contributed by atoms with van der Waals surface area (Å²) in [5.41, 5.74) is 7.46. The number of thiazole rings is 1. The van der Waals surface area contributed by atoms with Crippen molar-refractivity contribution in [2.24, 2.45) is 11.7 Å². The van der Waals surface area contributed by atoms with Crippen molar-refractivity contribution in [2.45, 2.75) is 25.8 Å². The Morgan fingerprint density at radius 2 is 2.11 bits per heavy atom. The highest BCUT2D eigenvalue weighted by atomic mass is 32.1. The van der Waals surface area contributed by atoms with Crippen molar-refractivity contribution in [1.82, 2.24) is 4.98 Å². The third kappa shape index (κ3) is 2.06. The molecule has 1 aromatic heterocycles. The number of halogens is 1. The third-order valence-electron chi connectivity index (χ3n) is 3.36. The zero-order chi connectivity index (χ0) is 12.7. The summed E-state index contributed by atoms with van der Waals surface area (Å²) < 4.78 is 13.8. The van der Waals surface area contributed by atoms with Crippen LogP contribution in [-0.4, -0.2) is 4.98 Å². The third-order valence-corrected chi connectivity index (χ3v) is 4.43. The van der Waals surface area contributed by atoms with Crippen LogP contribution in [0.4, 0.5) is 4.39 Å². The van der Waals surface area contributed by atoms with Gasteiger partial charge in [0.1, 0.15) is 10.8 Å². The number of aromatic nitrogens is 1. The fraction of sp³-hybridized carbons (Fsp3) is 0.357. The first kappa shape index (κ1) is 11.8. The Morgan fingerprint density at radius 3 is 2.78 bits per heavy atom. The van der Waals surface area contributed by atoms with E-state index in [0.717, 1.165) is 15.6 Å². The van der Waals surface area contributed by atoms with E-state index >= 15 is 0 Å². The molecule has 1 heterocycles. The first-order chi connectivity index (χ1) is 8.66. The number of nitrogens with two attached hydrogens (primary N) is 1. The zero-order valence-electron chi connectivity index (χ0n) is 10.2. The van der Waals surface area contributed by atoms with Crippen LogP contribution < -0.4 is 5.73 Å². The Morgan fingerprint density at radius 1 is 1.39 bits per heavy atom. The second kappa shape index (κ2) is 4.44. The average molecular weight is 262 g/mol. The summed E-state index contributed by atoms with van der Waals surface area (Å²) in [5.74, 6) is 0.349. The van der Waals surface area contributed by atoms with Crippen LogP contribution in [0, 0.1) is 18.7 Å². The molecule has 1 saturated carbocycles. The van der Waals surface area contributed by atoms with Gasteiger partial charge in [0, 0.05) is 10.4 Å². The summed E-state index contributed by atoms with van der Waals surface area (Å²) in [5, 5.41) is 0.938. The molecule has 1 unspecified atom stereocenters. The molecule has 0 bridgehead atoms. The molecule has 2 nitrogen and oxygen atoms in total. The van der Waals surface area contributed by atoms with Crippen molar-refractivity contribution in [2.75, 3.05) is 0 Å².